The van der Waals surface area contributed by atoms with Crippen molar-refractivity contribution in [3.8, 4) is 0 Å². The van der Waals surface area contributed by atoms with Gasteiger partial charge in [-0.3, -0.25) is 29.3 Å². The molecule has 25 atom stereocenters. The van der Waals surface area contributed by atoms with Crippen LogP contribution in [0.3, 0.4) is 0 Å². The summed E-state index contributed by atoms with van der Waals surface area (Å²) >= 11 is 0. The molecule has 0 aromatic carbocycles. The summed E-state index contributed by atoms with van der Waals surface area (Å²) in [5.41, 5.74) is 0. The maximum Gasteiger partial charge on any atom is 1.00 e. The minimum Gasteiger partial charge on any atom is -0.735 e. The molecule has 0 amide bonds. The zero-order valence-electron chi connectivity index (χ0n) is 59.1. The van der Waals surface area contributed by atoms with Gasteiger partial charge in [0.15, 0.2) is 60.1 Å². The second-order valence-electron chi connectivity index (χ2n) is 19.5. The number of nitrogens with one attached hydrogen (secondary N) is 1. The maximum atomic E-state index is 13.2. The number of aliphatic carboxylic acids is 2. The third-order valence-electron chi connectivity index (χ3n) is 13.6. The molecule has 570 valence electrons. The van der Waals surface area contributed by atoms with Crippen LogP contribution in [0.1, 0.15) is 0 Å². The van der Waals surface area contributed by atoms with Gasteiger partial charge < -0.3 is 132 Å². The van der Waals surface area contributed by atoms with Crippen molar-refractivity contribution >= 4 is 95.0 Å². The Balaban J connectivity index is -0.00000255. The number of carboxylic acid groups (broad SMARTS) is 2. The van der Waals surface area contributed by atoms with Crippen molar-refractivity contribution in [1.29, 1.82) is 0 Å². The Hall–Kier alpha value is 7.26. The van der Waals surface area contributed by atoms with Gasteiger partial charge in [0.2, 0.25) is 72.8 Å². The van der Waals surface area contributed by atoms with Crippen LogP contribution in [0.2, 0.25) is 0 Å². The molecule has 0 saturated carbocycles. The van der Waals surface area contributed by atoms with Gasteiger partial charge in [0.1, 0.15) is 104 Å². The largest absolute Gasteiger partial charge is 1.00 e. The fourth-order valence-electron chi connectivity index (χ4n) is 10.3. The number of rotatable bonds is 36. The number of ether oxygens (including phenoxy) is 16. The van der Waals surface area contributed by atoms with E-state index < -0.39 is 268 Å². The SMILES string of the molecule is COC1OC(COS(=O)(=O)[O-])C(OC2OC(C(=O)[O-])C(OC3OC(COS(=O)(=O)[O-])C(OC4OC(C(=O)[O-])C(OC5OC(COS(=O)(=O)[O-])C(OC)C(OC)C5NS(=O)(=O)[O-])C(OC)C4OC)C(OS(=O)(=O)[O-])C3OS(=O)(=O)[O-])C(OC)C2OS(=O)(=O)[O-])C(OC)C1OS(=O)(=O)[O-].[Na+].[Na+].[Na+].[Na+].[Na+].[Na+].[Na+].[Na+].[Na+].[Na+]. The van der Waals surface area contributed by atoms with E-state index >= 15 is 0 Å². The van der Waals surface area contributed by atoms with Gasteiger partial charge in [-0.1, -0.05) is 0 Å². The number of hydrogen-bond donors (Lipinski definition) is 1. The van der Waals surface area contributed by atoms with E-state index in [1.807, 2.05) is 0 Å². The molecule has 5 aliphatic rings. The average Bonchev–Trinajstić information content (AvgIpc) is 0.757. The first-order valence-electron chi connectivity index (χ1n) is 25.5. The van der Waals surface area contributed by atoms with Crippen LogP contribution in [0, 0.1) is 0 Å². The third-order valence-corrected chi connectivity index (χ3v) is 17.3. The van der Waals surface area contributed by atoms with E-state index in [1.165, 1.54) is 4.72 Å². The van der Waals surface area contributed by atoms with Crippen LogP contribution in [-0.2, 0) is 198 Å². The fraction of sp³-hybridized carbons (Fsp3) is 0.946. The molecule has 70 heteroatoms. The number of carbonyl (C=O) groups excluding carboxylic acids is 2. The second-order valence-corrected chi connectivity index (χ2v) is 27.8. The first-order chi connectivity index (χ1) is 44.4. The van der Waals surface area contributed by atoms with Crippen molar-refractivity contribution < 1.29 is 524 Å². The Morgan fingerprint density at radius 1 is 0.290 bits per heavy atom. The number of carboxylic acids is 2. The van der Waals surface area contributed by atoms with E-state index in [2.05, 4.69) is 29.3 Å². The van der Waals surface area contributed by atoms with Crippen LogP contribution in [-0.4, -0.2) is 339 Å². The molecule has 0 spiro atoms. The molecule has 0 radical (unpaired) electrons. The summed E-state index contributed by atoms with van der Waals surface area (Å²) in [4.78, 5) is 26.3. The van der Waals surface area contributed by atoms with E-state index in [4.69, 9.17) is 75.8 Å². The van der Waals surface area contributed by atoms with Crippen LogP contribution >= 0.6 is 0 Å². The molecule has 1 N–H and O–H groups in total. The number of hydrogen-bond acceptors (Lipinski definition) is 51. The summed E-state index contributed by atoms with van der Waals surface area (Å²) in [6, 6.07) is -2.24. The Bertz CT molecular complexity index is 3650. The van der Waals surface area contributed by atoms with Gasteiger partial charge in [0, 0.05) is 49.8 Å². The van der Waals surface area contributed by atoms with Gasteiger partial charge in [-0.2, -0.15) is 0 Å². The van der Waals surface area contributed by atoms with Gasteiger partial charge >= 0.3 is 296 Å². The summed E-state index contributed by atoms with van der Waals surface area (Å²) in [6.45, 7) is -4.94. The summed E-state index contributed by atoms with van der Waals surface area (Å²) < 4.78 is 410. The van der Waals surface area contributed by atoms with Gasteiger partial charge in [0.05, 0.1) is 31.8 Å². The van der Waals surface area contributed by atoms with E-state index in [0.717, 1.165) is 21.3 Å². The van der Waals surface area contributed by atoms with Crippen LogP contribution in [0.5, 0.6) is 0 Å². The molecule has 5 fully saturated rings. The molecule has 5 rings (SSSR count). The van der Waals surface area contributed by atoms with E-state index in [-0.39, 0.29) is 296 Å². The molecule has 5 aliphatic heterocycles. The molecule has 5 heterocycles. The number of carbonyl (C=O) groups is 2. The Labute approximate surface area is 833 Å². The zero-order chi connectivity index (χ0) is 73.7. The fourth-order valence-corrected chi connectivity index (χ4v) is 13.7. The van der Waals surface area contributed by atoms with Crippen molar-refractivity contribution in [2.45, 2.75) is 153 Å². The Kier molecular flexibility index (Phi) is 62.6. The smallest absolute Gasteiger partial charge is 0.735 e. The maximum absolute atomic E-state index is 13.2. The van der Waals surface area contributed by atoms with Crippen molar-refractivity contribution in [2.75, 3.05) is 69.6 Å². The van der Waals surface area contributed by atoms with Crippen molar-refractivity contribution in [3.05, 3.63) is 0 Å². The average molecular weight is 1810 g/mol. The van der Waals surface area contributed by atoms with Crippen molar-refractivity contribution in [3.63, 3.8) is 0 Å². The molecule has 0 aromatic heterocycles. The standard InChI is InChI=1S/C37H63NO51S8.10Na/c1-67-15-11(8-74-91(46,47)48)77-33(14(18(15)68-2)38-90(43,44)45)82-22-20(70-4)27(72-6)35(84-25(22)31(39)40)81-17-13(10-76-93(52,53)54)79-36(30(89-97(64,65)66)24(17)86-94(55,56)57)83-23-21(71-5)29(88-96(61,62)63)37(85-26(23)32(41)42)80-16-12(9-75-92(49,50)51)78-34(73-7)28(19(16)69-3)87-95(58,59)60;;;;;;;;;;/h11-30,33-38H,8-10H2,1-7H3,(H,39,40)(H,41,42)(H,43,44,45)(H,46,47,48)(H,49,50,51)(H,52,53,54)(H,55,56,57)(H,58,59,60)(H,61,62,63)(H,64,65,66);;;;;;;;;;/q;10*+1/p-10. The Morgan fingerprint density at radius 2 is 0.542 bits per heavy atom. The normalized spacial score (nSPS) is 33.5. The summed E-state index contributed by atoms with van der Waals surface area (Å²) in [5, 5.41) is 26.3. The van der Waals surface area contributed by atoms with Crippen LogP contribution < -0.4 is 311 Å². The molecule has 5 saturated heterocycles. The van der Waals surface area contributed by atoms with Gasteiger partial charge in [0.25, 0.3) is 0 Å². The summed E-state index contributed by atoms with van der Waals surface area (Å²) in [7, 11) is -43.9. The molecule has 0 aromatic rings. The zero-order valence-corrected chi connectivity index (χ0v) is 85.7. The van der Waals surface area contributed by atoms with E-state index in [1.54, 1.807) is 0 Å². The van der Waals surface area contributed by atoms with E-state index in [0.29, 0.717) is 28.4 Å². The first kappa shape index (κ1) is 125. The third kappa shape index (κ3) is 39.6. The van der Waals surface area contributed by atoms with Gasteiger partial charge in [-0.25, -0.2) is 72.1 Å². The summed E-state index contributed by atoms with van der Waals surface area (Å²) in [6.07, 6.45) is -64.3. The second kappa shape index (κ2) is 53.6. The predicted octanol–water partition coefficient (Wildman–Crippen LogP) is -44.3. The van der Waals surface area contributed by atoms with Gasteiger partial charge in [-0.05, 0) is 0 Å². The van der Waals surface area contributed by atoms with Crippen LogP contribution in [0.25, 0.3) is 0 Å². The molecule has 107 heavy (non-hydrogen) atoms. The molecule has 0 aliphatic carbocycles. The minimum absolute atomic E-state index is 0. The first-order valence-corrected chi connectivity index (χ1v) is 36.2. The molecule has 52 nitrogen and oxygen atoms in total. The van der Waals surface area contributed by atoms with Gasteiger partial charge in [-0.15, -0.1) is 0 Å². The topological polar surface area (TPSA) is 762 Å². The van der Waals surface area contributed by atoms with Crippen molar-refractivity contribution in [1.82, 2.24) is 4.72 Å². The quantitative estimate of drug-likeness (QED) is 0.0346. The molecule has 25 unspecified atom stereocenters. The number of methoxy groups -OCH3 is 7. The van der Waals surface area contributed by atoms with Crippen molar-refractivity contribution in [2.24, 2.45) is 0 Å². The Morgan fingerprint density at radius 3 is 0.860 bits per heavy atom. The van der Waals surface area contributed by atoms with Crippen LogP contribution in [0.4, 0.5) is 0 Å². The van der Waals surface area contributed by atoms with Crippen LogP contribution in [0.15, 0.2) is 0 Å². The summed E-state index contributed by atoms with van der Waals surface area (Å²) in [5.74, 6) is -5.19. The molecular weight excluding hydrogens is 1760 g/mol. The molecule has 0 bridgehead atoms. The molecular formula is C37H53NNa10O51S8. The predicted molar refractivity (Wildman–Crippen MR) is 266 cm³/mol. The van der Waals surface area contributed by atoms with E-state index in [9.17, 15) is 124 Å². The monoisotopic (exact) mass is 1810 g/mol. The minimum atomic E-state index is -6.64.